The van der Waals surface area contributed by atoms with Crippen molar-refractivity contribution in [2.75, 3.05) is 11.9 Å². The molecule has 2 N–H and O–H groups in total. The monoisotopic (exact) mass is 470 g/mol. The largest absolute Gasteiger partial charge is 0.325 e. The van der Waals surface area contributed by atoms with E-state index in [2.05, 4.69) is 15.6 Å². The van der Waals surface area contributed by atoms with Crippen LogP contribution in [0.3, 0.4) is 0 Å². The summed E-state index contributed by atoms with van der Waals surface area (Å²) >= 11 is 1.57. The van der Waals surface area contributed by atoms with Crippen molar-refractivity contribution < 1.29 is 14.4 Å². The van der Waals surface area contributed by atoms with E-state index in [4.69, 9.17) is 0 Å². The Morgan fingerprint density at radius 1 is 1.06 bits per heavy atom. The van der Waals surface area contributed by atoms with Gasteiger partial charge in [0.2, 0.25) is 5.91 Å². The molecule has 1 aliphatic heterocycles. The summed E-state index contributed by atoms with van der Waals surface area (Å²) in [5, 5.41) is 10.5. The molecule has 1 fully saturated rings. The highest BCUT2D eigenvalue weighted by Gasteiger charge is 2.49. The number of aryl methyl sites for hydroxylation is 1. The molecule has 0 spiro atoms. The Morgan fingerprint density at radius 3 is 2.50 bits per heavy atom. The highest BCUT2D eigenvalue weighted by Crippen LogP contribution is 2.31. The number of thiazole rings is 1. The van der Waals surface area contributed by atoms with Gasteiger partial charge in [-0.2, -0.15) is 0 Å². The predicted octanol–water partition coefficient (Wildman–Crippen LogP) is 4.68. The third kappa shape index (κ3) is 3.92. The summed E-state index contributed by atoms with van der Waals surface area (Å²) in [6.07, 6.45) is 0. The SMILES string of the molecule is Cc1nc(-c2ccc(NC(=O)CN3C(=O)N[C@](C)(c4ccc5ccccc5c4)C3=O)cc2)cs1. The van der Waals surface area contributed by atoms with Crippen LogP contribution in [0.4, 0.5) is 10.5 Å². The zero-order chi connectivity index (χ0) is 23.9. The van der Waals surface area contributed by atoms with E-state index in [0.29, 0.717) is 11.3 Å². The van der Waals surface area contributed by atoms with Crippen LogP contribution in [0, 0.1) is 6.92 Å². The van der Waals surface area contributed by atoms with Crippen LogP contribution in [0.5, 0.6) is 0 Å². The average Bonchev–Trinajstić information content (AvgIpc) is 3.36. The smallest absolute Gasteiger partial charge is 0.325 e. The van der Waals surface area contributed by atoms with Gasteiger partial charge < -0.3 is 10.6 Å². The number of carbonyl (C=O) groups is 3. The number of nitrogens with zero attached hydrogens (tertiary/aromatic N) is 2. The van der Waals surface area contributed by atoms with Crippen LogP contribution >= 0.6 is 11.3 Å². The molecule has 4 amide bonds. The minimum absolute atomic E-state index is 0.374. The van der Waals surface area contributed by atoms with Gasteiger partial charge in [0, 0.05) is 16.6 Å². The van der Waals surface area contributed by atoms with Crippen LogP contribution < -0.4 is 10.6 Å². The molecule has 7 nitrogen and oxygen atoms in total. The number of hydrogen-bond donors (Lipinski definition) is 2. The topological polar surface area (TPSA) is 91.4 Å². The minimum Gasteiger partial charge on any atom is -0.325 e. The normalized spacial score (nSPS) is 17.8. The number of benzene rings is 3. The summed E-state index contributed by atoms with van der Waals surface area (Å²) in [7, 11) is 0. The number of hydrogen-bond acceptors (Lipinski definition) is 5. The van der Waals surface area contributed by atoms with E-state index in [1.165, 1.54) is 0 Å². The Hall–Kier alpha value is -4.04. The van der Waals surface area contributed by atoms with Gasteiger partial charge in [0.15, 0.2) is 0 Å². The number of fused-ring (bicyclic) bond motifs is 1. The van der Waals surface area contributed by atoms with Crippen molar-refractivity contribution in [2.45, 2.75) is 19.4 Å². The molecule has 0 saturated carbocycles. The molecule has 1 saturated heterocycles. The van der Waals surface area contributed by atoms with Gasteiger partial charge in [-0.05, 0) is 48.4 Å². The third-order valence-corrected chi connectivity index (χ3v) is 6.76. The quantitative estimate of drug-likeness (QED) is 0.415. The van der Waals surface area contributed by atoms with E-state index in [9.17, 15) is 14.4 Å². The van der Waals surface area contributed by atoms with Gasteiger partial charge in [0.1, 0.15) is 12.1 Å². The van der Waals surface area contributed by atoms with E-state index >= 15 is 0 Å². The fourth-order valence-electron chi connectivity index (χ4n) is 4.10. The van der Waals surface area contributed by atoms with Crippen molar-refractivity contribution in [3.05, 3.63) is 82.7 Å². The summed E-state index contributed by atoms with van der Waals surface area (Å²) < 4.78 is 0. The molecule has 5 rings (SSSR count). The molecule has 2 heterocycles. The number of urea groups is 1. The second-order valence-electron chi connectivity index (χ2n) is 8.39. The van der Waals surface area contributed by atoms with Crippen molar-refractivity contribution in [1.82, 2.24) is 15.2 Å². The van der Waals surface area contributed by atoms with Crippen LogP contribution in [0.25, 0.3) is 22.0 Å². The first-order valence-corrected chi connectivity index (χ1v) is 11.7. The maximum Gasteiger partial charge on any atom is 0.325 e. The lowest BCUT2D eigenvalue weighted by Crippen LogP contribution is -2.42. The predicted molar refractivity (Wildman–Crippen MR) is 132 cm³/mol. The number of nitrogens with one attached hydrogen (secondary N) is 2. The molecule has 0 unspecified atom stereocenters. The molecule has 8 heteroatoms. The lowest BCUT2D eigenvalue weighted by atomic mass is 9.90. The van der Waals surface area contributed by atoms with E-state index in [1.807, 2.05) is 66.9 Å². The van der Waals surface area contributed by atoms with Gasteiger partial charge in [-0.3, -0.25) is 14.5 Å². The highest BCUT2D eigenvalue weighted by atomic mass is 32.1. The molecular weight excluding hydrogens is 448 g/mol. The fourth-order valence-corrected chi connectivity index (χ4v) is 4.72. The van der Waals surface area contributed by atoms with Crippen molar-refractivity contribution >= 4 is 45.6 Å². The number of rotatable bonds is 5. The van der Waals surface area contributed by atoms with Gasteiger partial charge >= 0.3 is 6.03 Å². The first-order valence-electron chi connectivity index (χ1n) is 10.8. The zero-order valence-electron chi connectivity index (χ0n) is 18.7. The molecule has 1 atom stereocenters. The van der Waals surface area contributed by atoms with Crippen LogP contribution in [0.2, 0.25) is 0 Å². The highest BCUT2D eigenvalue weighted by molar-refractivity contribution is 7.09. The molecule has 4 aromatic rings. The van der Waals surface area contributed by atoms with Gasteiger partial charge in [0.05, 0.1) is 10.7 Å². The number of aromatic nitrogens is 1. The van der Waals surface area contributed by atoms with Gasteiger partial charge in [-0.1, -0.05) is 48.5 Å². The van der Waals surface area contributed by atoms with Crippen LogP contribution in [0.1, 0.15) is 17.5 Å². The van der Waals surface area contributed by atoms with Crippen molar-refractivity contribution in [2.24, 2.45) is 0 Å². The summed E-state index contributed by atoms with van der Waals surface area (Å²) in [5.41, 5.74) is 1.83. The summed E-state index contributed by atoms with van der Waals surface area (Å²) in [4.78, 5) is 43.9. The first-order chi connectivity index (χ1) is 16.3. The van der Waals surface area contributed by atoms with Crippen LogP contribution in [0.15, 0.2) is 72.1 Å². The van der Waals surface area contributed by atoms with Gasteiger partial charge in [-0.15, -0.1) is 11.3 Å². The number of amides is 4. The lowest BCUT2D eigenvalue weighted by Gasteiger charge is -2.22. The Labute approximate surface area is 200 Å². The average molecular weight is 471 g/mol. The molecule has 0 bridgehead atoms. The molecule has 170 valence electrons. The van der Waals surface area contributed by atoms with E-state index < -0.39 is 23.4 Å². The minimum atomic E-state index is -1.24. The van der Waals surface area contributed by atoms with E-state index in [1.54, 1.807) is 30.4 Å². The van der Waals surface area contributed by atoms with Gasteiger partial charge in [0.25, 0.3) is 5.91 Å². The summed E-state index contributed by atoms with van der Waals surface area (Å²) in [6.45, 7) is 3.23. The number of imide groups is 1. The second-order valence-corrected chi connectivity index (χ2v) is 9.45. The Kier molecular flexibility index (Phi) is 5.37. The molecule has 34 heavy (non-hydrogen) atoms. The second kappa shape index (κ2) is 8.39. The Morgan fingerprint density at radius 2 is 1.79 bits per heavy atom. The van der Waals surface area contributed by atoms with Gasteiger partial charge in [-0.25, -0.2) is 9.78 Å². The first kappa shape index (κ1) is 21.8. The standard InChI is InChI=1S/C26H22N4O3S/c1-16-27-22(15-34-16)18-8-11-21(12-9-18)28-23(31)14-30-24(32)26(2,29-25(30)33)20-10-7-17-5-3-4-6-19(17)13-20/h3-13,15H,14H2,1-2H3,(H,28,31)(H,29,33)/t26-/m1/s1. The lowest BCUT2D eigenvalue weighted by molar-refractivity contribution is -0.133. The van der Waals surface area contributed by atoms with Crippen molar-refractivity contribution in [3.63, 3.8) is 0 Å². The van der Waals surface area contributed by atoms with Crippen molar-refractivity contribution in [3.8, 4) is 11.3 Å². The zero-order valence-corrected chi connectivity index (χ0v) is 19.5. The van der Waals surface area contributed by atoms with Crippen molar-refractivity contribution in [1.29, 1.82) is 0 Å². The summed E-state index contributed by atoms with van der Waals surface area (Å²) in [5.74, 6) is -0.916. The number of anilines is 1. The molecule has 3 aromatic carbocycles. The van der Waals surface area contributed by atoms with E-state index in [-0.39, 0.29) is 6.54 Å². The maximum absolute atomic E-state index is 13.2. The molecule has 1 aliphatic rings. The molecule has 0 aliphatic carbocycles. The molecular formula is C26H22N4O3S. The van der Waals surface area contributed by atoms with E-state index in [0.717, 1.165) is 31.9 Å². The Balaban J connectivity index is 1.29. The van der Waals surface area contributed by atoms with Crippen LogP contribution in [-0.4, -0.2) is 34.3 Å². The summed E-state index contributed by atoms with van der Waals surface area (Å²) in [6, 6.07) is 20.1. The molecule has 0 radical (unpaired) electrons. The molecule has 1 aromatic heterocycles. The maximum atomic E-state index is 13.2. The Bertz CT molecular complexity index is 1430. The number of carbonyl (C=O) groups excluding carboxylic acids is 3. The fraction of sp³-hybridized carbons (Fsp3) is 0.154. The third-order valence-electron chi connectivity index (χ3n) is 5.99. The van der Waals surface area contributed by atoms with Crippen LogP contribution in [-0.2, 0) is 15.1 Å².